The Hall–Kier alpha value is -1.55. The number of hydrogen-bond donors (Lipinski definition) is 2. The maximum atomic E-state index is 10.3. The van der Waals surface area contributed by atoms with Crippen LogP contribution in [0.15, 0.2) is 48.5 Å². The van der Waals surface area contributed by atoms with E-state index in [1.54, 1.807) is 0 Å². The summed E-state index contributed by atoms with van der Waals surface area (Å²) in [6.07, 6.45) is 17.3. The van der Waals surface area contributed by atoms with Crippen LogP contribution in [0.5, 0.6) is 0 Å². The number of halogens is 2. The minimum Gasteiger partial charge on any atom is -0.481 e. The molecule has 35 heavy (non-hydrogen) atoms. The van der Waals surface area contributed by atoms with Gasteiger partial charge in [0.2, 0.25) is 0 Å². The van der Waals surface area contributed by atoms with Crippen LogP contribution in [0.4, 0.5) is 0 Å². The Bertz CT molecular complexity index is 730. The molecule has 2 aromatic rings. The van der Waals surface area contributed by atoms with E-state index in [1.807, 2.05) is 48.5 Å². The predicted molar refractivity (Wildman–Crippen MR) is 150 cm³/mol. The van der Waals surface area contributed by atoms with Crippen molar-refractivity contribution in [1.29, 1.82) is 0 Å². The van der Waals surface area contributed by atoms with E-state index in [-0.39, 0.29) is 12.5 Å². The third-order valence-electron chi connectivity index (χ3n) is 6.22. The number of aliphatic hydroxyl groups is 1. The summed E-state index contributed by atoms with van der Waals surface area (Å²) < 4.78 is 0. The lowest BCUT2D eigenvalue weighted by Gasteiger charge is -2.15. The Kier molecular flexibility index (Phi) is 18.5. The van der Waals surface area contributed by atoms with Gasteiger partial charge in [-0.05, 0) is 41.8 Å². The molecule has 0 amide bonds. The molecule has 2 aromatic carbocycles. The molecule has 0 aliphatic rings. The number of rotatable bonds is 17. The van der Waals surface area contributed by atoms with Gasteiger partial charge in [-0.2, -0.15) is 0 Å². The van der Waals surface area contributed by atoms with Gasteiger partial charge < -0.3 is 10.2 Å². The summed E-state index contributed by atoms with van der Waals surface area (Å²) in [5.41, 5.74) is 2.08. The lowest BCUT2D eigenvalue weighted by molar-refractivity contribution is -0.137. The topological polar surface area (TPSA) is 57.5 Å². The normalized spacial score (nSPS) is 10.8. The van der Waals surface area contributed by atoms with E-state index in [0.717, 1.165) is 24.0 Å². The van der Waals surface area contributed by atoms with Crippen molar-refractivity contribution >= 4 is 29.2 Å². The van der Waals surface area contributed by atoms with E-state index in [4.69, 9.17) is 28.3 Å². The highest BCUT2D eigenvalue weighted by molar-refractivity contribution is 6.30. The highest BCUT2D eigenvalue weighted by Gasteiger charge is 2.12. The third-order valence-corrected chi connectivity index (χ3v) is 6.73. The Morgan fingerprint density at radius 3 is 1.31 bits per heavy atom. The molecule has 2 rings (SSSR count). The smallest absolute Gasteiger partial charge is 0.303 e. The zero-order valence-electron chi connectivity index (χ0n) is 21.4. The average molecular weight is 524 g/mol. The van der Waals surface area contributed by atoms with Crippen molar-refractivity contribution in [1.82, 2.24) is 0 Å². The van der Waals surface area contributed by atoms with E-state index in [2.05, 4.69) is 6.92 Å². The maximum Gasteiger partial charge on any atom is 0.303 e. The average Bonchev–Trinajstić information content (AvgIpc) is 2.85. The molecule has 0 fully saturated rings. The number of benzene rings is 2. The fraction of sp³-hybridized carbons (Fsp3) is 0.567. The maximum absolute atomic E-state index is 10.3. The van der Waals surface area contributed by atoms with Crippen molar-refractivity contribution < 1.29 is 15.0 Å². The Labute approximate surface area is 222 Å². The molecular formula is C30H44Cl2O3. The first-order valence-electron chi connectivity index (χ1n) is 13.3. The van der Waals surface area contributed by atoms with E-state index < -0.39 is 5.97 Å². The molecule has 5 heteroatoms. The van der Waals surface area contributed by atoms with Crippen LogP contribution in [-0.2, 0) is 4.79 Å². The van der Waals surface area contributed by atoms with Crippen molar-refractivity contribution in [3.05, 3.63) is 69.7 Å². The first-order valence-corrected chi connectivity index (χ1v) is 14.1. The van der Waals surface area contributed by atoms with Crippen molar-refractivity contribution in [2.75, 3.05) is 6.61 Å². The van der Waals surface area contributed by atoms with Crippen LogP contribution in [0.1, 0.15) is 114 Å². The monoisotopic (exact) mass is 522 g/mol. The van der Waals surface area contributed by atoms with Crippen LogP contribution >= 0.6 is 23.2 Å². The van der Waals surface area contributed by atoms with Crippen molar-refractivity contribution in [2.45, 2.75) is 103 Å². The molecule has 0 saturated heterocycles. The fourth-order valence-corrected chi connectivity index (χ4v) is 4.34. The number of unbranched alkanes of at least 4 members (excludes halogenated alkanes) is 12. The molecule has 0 heterocycles. The van der Waals surface area contributed by atoms with Gasteiger partial charge in [-0.25, -0.2) is 0 Å². The molecule has 0 spiro atoms. The van der Waals surface area contributed by atoms with Crippen LogP contribution in [0.2, 0.25) is 10.0 Å². The van der Waals surface area contributed by atoms with Crippen LogP contribution < -0.4 is 0 Å². The summed E-state index contributed by atoms with van der Waals surface area (Å²) in [7, 11) is 0. The van der Waals surface area contributed by atoms with Crippen molar-refractivity contribution in [2.24, 2.45) is 0 Å². The summed E-state index contributed by atoms with van der Waals surface area (Å²) in [5.74, 6) is -0.692. The largest absolute Gasteiger partial charge is 0.481 e. The van der Waals surface area contributed by atoms with Gasteiger partial charge in [0.05, 0.1) is 6.61 Å². The number of hydrogen-bond acceptors (Lipinski definition) is 2. The minimum absolute atomic E-state index is 0.0375. The summed E-state index contributed by atoms with van der Waals surface area (Å²) >= 11 is 11.7. The standard InChI is InChI=1S/C16H32O2.C14H12Cl2O/c1-2-3-4-5-6-7-8-9-10-11-12-13-14-15-16(17)18;15-12-5-1-10(2-6-12)14(9-17)11-3-7-13(16)8-4-11/h2-15H2,1H3,(H,17,18);1-8,14,17H,9H2. The summed E-state index contributed by atoms with van der Waals surface area (Å²) in [4.78, 5) is 10.3. The molecule has 0 bridgehead atoms. The second-order valence-electron chi connectivity index (χ2n) is 9.22. The first-order chi connectivity index (χ1) is 17.0. The summed E-state index contributed by atoms with van der Waals surface area (Å²) in [6, 6.07) is 15.0. The molecule has 0 aromatic heterocycles. The Morgan fingerprint density at radius 2 is 1.00 bits per heavy atom. The van der Waals surface area contributed by atoms with Crippen molar-refractivity contribution in [3.63, 3.8) is 0 Å². The third kappa shape index (κ3) is 15.9. The number of carboxylic acid groups (broad SMARTS) is 1. The van der Waals surface area contributed by atoms with Crippen molar-refractivity contribution in [3.8, 4) is 0 Å². The van der Waals surface area contributed by atoms with Gasteiger partial charge >= 0.3 is 5.97 Å². The highest BCUT2D eigenvalue weighted by Crippen LogP contribution is 2.26. The van der Waals surface area contributed by atoms with Crippen LogP contribution in [0.25, 0.3) is 0 Å². The number of carboxylic acids is 1. The predicted octanol–water partition coefficient (Wildman–Crippen LogP) is 9.67. The fourth-order valence-electron chi connectivity index (χ4n) is 4.09. The Morgan fingerprint density at radius 1 is 0.657 bits per heavy atom. The lowest BCUT2D eigenvalue weighted by atomic mass is 9.92. The molecular weight excluding hydrogens is 479 g/mol. The van der Waals surface area contributed by atoms with Crippen LogP contribution in [0.3, 0.4) is 0 Å². The molecule has 0 saturated carbocycles. The minimum atomic E-state index is -0.655. The van der Waals surface area contributed by atoms with Crippen LogP contribution in [-0.4, -0.2) is 22.8 Å². The van der Waals surface area contributed by atoms with Crippen LogP contribution in [0, 0.1) is 0 Å². The number of aliphatic hydroxyl groups excluding tert-OH is 1. The quantitative estimate of drug-likeness (QED) is 0.203. The molecule has 2 N–H and O–H groups in total. The number of carbonyl (C=O) groups is 1. The Balaban J connectivity index is 0.000000350. The lowest BCUT2D eigenvalue weighted by Crippen LogP contribution is -2.05. The van der Waals surface area contributed by atoms with Gasteiger partial charge in [-0.1, -0.05) is 131 Å². The van der Waals surface area contributed by atoms with E-state index in [0.29, 0.717) is 16.5 Å². The summed E-state index contributed by atoms with van der Waals surface area (Å²) in [5, 5.41) is 19.4. The van der Waals surface area contributed by atoms with Gasteiger partial charge in [0.1, 0.15) is 0 Å². The second kappa shape index (κ2) is 20.6. The first kappa shape index (κ1) is 31.5. The van der Waals surface area contributed by atoms with Gasteiger partial charge in [0.25, 0.3) is 0 Å². The zero-order chi connectivity index (χ0) is 25.7. The van der Waals surface area contributed by atoms with E-state index in [1.165, 1.54) is 70.6 Å². The van der Waals surface area contributed by atoms with Gasteiger partial charge in [0.15, 0.2) is 0 Å². The molecule has 0 radical (unpaired) electrons. The SMILES string of the molecule is CCCCCCCCCCCCCCCC(=O)O.OCC(c1ccc(Cl)cc1)c1ccc(Cl)cc1. The number of aliphatic carboxylic acids is 1. The van der Waals surface area contributed by atoms with Gasteiger partial charge in [-0.3, -0.25) is 4.79 Å². The van der Waals surface area contributed by atoms with E-state index >= 15 is 0 Å². The molecule has 0 aliphatic carbocycles. The second-order valence-corrected chi connectivity index (χ2v) is 10.1. The molecule has 3 nitrogen and oxygen atoms in total. The van der Waals surface area contributed by atoms with Gasteiger partial charge in [-0.15, -0.1) is 0 Å². The molecule has 0 atom stereocenters. The highest BCUT2D eigenvalue weighted by atomic mass is 35.5. The molecule has 0 unspecified atom stereocenters. The van der Waals surface area contributed by atoms with Gasteiger partial charge in [0, 0.05) is 22.4 Å². The molecule has 196 valence electrons. The molecule has 0 aliphatic heterocycles. The zero-order valence-corrected chi connectivity index (χ0v) is 22.9. The van der Waals surface area contributed by atoms with E-state index in [9.17, 15) is 9.90 Å². The summed E-state index contributed by atoms with van der Waals surface area (Å²) in [6.45, 7) is 2.32.